The van der Waals surface area contributed by atoms with Crippen LogP contribution in [0.15, 0.2) is 45.3 Å². The molecule has 106 valence electrons. The van der Waals surface area contributed by atoms with E-state index in [1.165, 1.54) is 32.1 Å². The van der Waals surface area contributed by atoms with Gasteiger partial charge < -0.3 is 9.73 Å². The summed E-state index contributed by atoms with van der Waals surface area (Å²) in [5, 5.41) is 2.45. The quantitative estimate of drug-likeness (QED) is 0.895. The van der Waals surface area contributed by atoms with Crippen molar-refractivity contribution in [3.63, 3.8) is 0 Å². The maximum absolute atomic E-state index is 5.95. The lowest BCUT2D eigenvalue weighted by atomic mass is 9.95. The van der Waals surface area contributed by atoms with Gasteiger partial charge in [-0.3, -0.25) is 0 Å². The average Bonchev–Trinajstić information content (AvgIpc) is 2.96. The van der Waals surface area contributed by atoms with Crippen LogP contribution in [0.3, 0.4) is 0 Å². The topological polar surface area (TPSA) is 29.8 Å². The first-order valence-electron chi connectivity index (χ1n) is 7.49. The molecular weight excluding hydrogens is 314 g/mol. The molecule has 20 heavy (non-hydrogen) atoms. The Balaban J connectivity index is 1.60. The zero-order chi connectivity index (χ0) is 13.8. The van der Waals surface area contributed by atoms with Crippen LogP contribution in [0, 0.1) is 0 Å². The molecule has 0 saturated heterocycles. The molecule has 1 aliphatic carbocycles. The minimum absolute atomic E-state index is 0.796. The predicted octanol–water partition coefficient (Wildman–Crippen LogP) is 4.11. The fourth-order valence-electron chi connectivity index (χ4n) is 2.91. The van der Waals surface area contributed by atoms with Gasteiger partial charge in [-0.05, 0) is 49.9 Å². The van der Waals surface area contributed by atoms with Crippen LogP contribution in [-0.2, 0) is 6.54 Å². The van der Waals surface area contributed by atoms with Gasteiger partial charge in [0.15, 0.2) is 5.76 Å². The highest BCUT2D eigenvalue weighted by atomic mass is 79.9. The number of rotatable bonds is 4. The van der Waals surface area contributed by atoms with Crippen molar-refractivity contribution in [3.05, 3.63) is 46.6 Å². The van der Waals surface area contributed by atoms with Crippen molar-refractivity contribution in [1.29, 1.82) is 0 Å². The molecule has 1 fully saturated rings. The Hall–Kier alpha value is -1.06. The van der Waals surface area contributed by atoms with Crippen LogP contribution in [0.25, 0.3) is 11.3 Å². The van der Waals surface area contributed by atoms with E-state index in [4.69, 9.17) is 4.42 Å². The molecule has 0 bridgehead atoms. The first kappa shape index (κ1) is 13.9. The average molecular weight is 335 g/mol. The minimum atomic E-state index is 0.796. The molecule has 3 rings (SSSR count). The Morgan fingerprint density at radius 2 is 1.75 bits per heavy atom. The second-order valence-corrected chi connectivity index (χ2v) is 6.53. The second kappa shape index (κ2) is 6.59. The van der Waals surface area contributed by atoms with Crippen molar-refractivity contribution in [3.8, 4) is 11.3 Å². The number of hydrogen-bond donors (Lipinski definition) is 1. The monoisotopic (exact) mass is 334 g/mol. The van der Waals surface area contributed by atoms with E-state index in [1.807, 2.05) is 12.1 Å². The van der Waals surface area contributed by atoms with E-state index in [-0.39, 0.29) is 0 Å². The first-order valence-corrected chi connectivity index (χ1v) is 8.28. The van der Waals surface area contributed by atoms with Crippen molar-refractivity contribution in [2.45, 2.75) is 44.7 Å². The molecule has 2 nitrogen and oxygen atoms in total. The molecule has 0 unspecified atom stereocenters. The predicted molar refractivity (Wildman–Crippen MR) is 84.3 cm³/mol. The summed E-state index contributed by atoms with van der Waals surface area (Å²) in [4.78, 5) is 0. The van der Waals surface area contributed by atoms with Gasteiger partial charge in [0.1, 0.15) is 12.3 Å². The molecule has 2 aromatic rings. The number of quaternary nitrogens is 1. The van der Waals surface area contributed by atoms with Gasteiger partial charge in [-0.1, -0.05) is 34.5 Å². The van der Waals surface area contributed by atoms with Crippen molar-refractivity contribution in [2.24, 2.45) is 0 Å². The zero-order valence-corrected chi connectivity index (χ0v) is 13.2. The number of furan rings is 1. The number of benzene rings is 1. The highest BCUT2D eigenvalue weighted by Gasteiger charge is 2.16. The molecule has 0 radical (unpaired) electrons. The van der Waals surface area contributed by atoms with Crippen LogP contribution in [0.1, 0.15) is 37.9 Å². The maximum Gasteiger partial charge on any atom is 0.158 e. The Morgan fingerprint density at radius 1 is 1.00 bits per heavy atom. The summed E-state index contributed by atoms with van der Waals surface area (Å²) in [6.45, 7) is 0.960. The lowest BCUT2D eigenvalue weighted by Gasteiger charge is -2.19. The summed E-state index contributed by atoms with van der Waals surface area (Å²) in [6, 6.07) is 13.2. The zero-order valence-electron chi connectivity index (χ0n) is 11.6. The second-order valence-electron chi connectivity index (χ2n) is 5.61. The van der Waals surface area contributed by atoms with Crippen LogP contribution in [0.2, 0.25) is 0 Å². The summed E-state index contributed by atoms with van der Waals surface area (Å²) in [5.74, 6) is 2.04. The van der Waals surface area contributed by atoms with E-state index < -0.39 is 0 Å². The van der Waals surface area contributed by atoms with E-state index in [0.29, 0.717) is 0 Å². The van der Waals surface area contributed by atoms with Gasteiger partial charge in [-0.25, -0.2) is 0 Å². The van der Waals surface area contributed by atoms with Gasteiger partial charge in [0, 0.05) is 10.0 Å². The third kappa shape index (κ3) is 3.53. The van der Waals surface area contributed by atoms with Crippen LogP contribution in [0.5, 0.6) is 0 Å². The molecule has 0 aliphatic heterocycles. The minimum Gasteiger partial charge on any atom is -0.455 e. The van der Waals surface area contributed by atoms with Gasteiger partial charge in [0.25, 0.3) is 0 Å². The largest absolute Gasteiger partial charge is 0.455 e. The van der Waals surface area contributed by atoms with E-state index in [9.17, 15) is 0 Å². The number of hydrogen-bond acceptors (Lipinski definition) is 1. The molecule has 3 heteroatoms. The van der Waals surface area contributed by atoms with Crippen molar-refractivity contribution in [1.82, 2.24) is 0 Å². The molecule has 1 aromatic heterocycles. The van der Waals surface area contributed by atoms with Crippen LogP contribution < -0.4 is 5.32 Å². The molecule has 0 spiro atoms. The normalized spacial score (nSPS) is 16.4. The van der Waals surface area contributed by atoms with Gasteiger partial charge in [0.2, 0.25) is 0 Å². The first-order chi connectivity index (χ1) is 9.81. The van der Waals surface area contributed by atoms with E-state index in [2.05, 4.69) is 45.5 Å². The van der Waals surface area contributed by atoms with Crippen LogP contribution in [-0.4, -0.2) is 6.04 Å². The third-order valence-electron chi connectivity index (χ3n) is 4.09. The third-order valence-corrected chi connectivity index (χ3v) is 4.62. The highest BCUT2D eigenvalue weighted by molar-refractivity contribution is 9.10. The number of nitrogens with two attached hydrogens (primary N) is 1. The van der Waals surface area contributed by atoms with Crippen molar-refractivity contribution < 1.29 is 9.73 Å². The Morgan fingerprint density at radius 3 is 2.50 bits per heavy atom. The summed E-state index contributed by atoms with van der Waals surface area (Å²) in [7, 11) is 0. The van der Waals surface area contributed by atoms with Crippen LogP contribution >= 0.6 is 15.9 Å². The van der Waals surface area contributed by atoms with Gasteiger partial charge >= 0.3 is 0 Å². The van der Waals surface area contributed by atoms with Crippen LogP contribution in [0.4, 0.5) is 0 Å². The number of halogens is 1. The fourth-order valence-corrected chi connectivity index (χ4v) is 3.17. The molecule has 1 aromatic carbocycles. The van der Waals surface area contributed by atoms with Crippen molar-refractivity contribution >= 4 is 15.9 Å². The molecular formula is C17H21BrNO+. The molecule has 2 N–H and O–H groups in total. The Labute approximate surface area is 128 Å². The summed E-state index contributed by atoms with van der Waals surface area (Å²) >= 11 is 3.46. The van der Waals surface area contributed by atoms with E-state index >= 15 is 0 Å². The van der Waals surface area contributed by atoms with E-state index in [0.717, 1.165) is 34.1 Å². The van der Waals surface area contributed by atoms with Gasteiger partial charge in [-0.15, -0.1) is 0 Å². The molecule has 0 atom stereocenters. The lowest BCUT2D eigenvalue weighted by Crippen LogP contribution is -2.88. The lowest BCUT2D eigenvalue weighted by molar-refractivity contribution is -0.708. The molecule has 0 amide bonds. The Kier molecular flexibility index (Phi) is 4.58. The summed E-state index contributed by atoms with van der Waals surface area (Å²) < 4.78 is 7.05. The molecule has 1 aliphatic rings. The van der Waals surface area contributed by atoms with E-state index in [1.54, 1.807) is 0 Å². The van der Waals surface area contributed by atoms with Gasteiger partial charge in [-0.2, -0.15) is 0 Å². The summed E-state index contributed by atoms with van der Waals surface area (Å²) in [5.41, 5.74) is 1.14. The fraction of sp³-hybridized carbons (Fsp3) is 0.412. The molecule has 1 heterocycles. The standard InChI is InChI=1S/C17H20BrNO/c18-14-8-6-13(7-9-14)17-11-10-16(20-17)12-19-15-4-2-1-3-5-15/h6-11,15,19H,1-5,12H2/p+1. The van der Waals surface area contributed by atoms with Crippen molar-refractivity contribution in [2.75, 3.05) is 0 Å². The SMILES string of the molecule is Brc1ccc(-c2ccc(C[NH2+]C3CCCCC3)o2)cc1. The van der Waals surface area contributed by atoms with Gasteiger partial charge in [0.05, 0.1) is 6.04 Å². The highest BCUT2D eigenvalue weighted by Crippen LogP contribution is 2.23. The molecule has 1 saturated carbocycles. The smallest absolute Gasteiger partial charge is 0.158 e. The summed E-state index contributed by atoms with van der Waals surface area (Å²) in [6.07, 6.45) is 6.92. The Bertz CT molecular complexity index is 540. The maximum atomic E-state index is 5.95.